The van der Waals surface area contributed by atoms with Crippen molar-refractivity contribution in [2.24, 2.45) is 5.14 Å². The molecule has 0 amide bonds. The number of hydrogen-bond donors (Lipinski definition) is 2. The summed E-state index contributed by atoms with van der Waals surface area (Å²) in [6.07, 6.45) is 7.94. The number of nitrogens with two attached hydrogens (primary N) is 1. The van der Waals surface area contributed by atoms with Crippen molar-refractivity contribution in [1.29, 1.82) is 0 Å². The fourth-order valence-corrected chi connectivity index (χ4v) is 4.39. The van der Waals surface area contributed by atoms with Crippen LogP contribution >= 0.6 is 0 Å². The van der Waals surface area contributed by atoms with Gasteiger partial charge in [0.1, 0.15) is 0 Å². The van der Waals surface area contributed by atoms with E-state index in [1.165, 1.54) is 12.1 Å². The predicted octanol–water partition coefficient (Wildman–Crippen LogP) is 3.02. The van der Waals surface area contributed by atoms with Crippen LogP contribution in [0.25, 0.3) is 22.0 Å². The first kappa shape index (κ1) is 20.6. The molecule has 30 heavy (non-hydrogen) atoms. The van der Waals surface area contributed by atoms with Crippen LogP contribution < -0.4 is 10.5 Å². The number of fused-ring (bicyclic) bond motifs is 1. The summed E-state index contributed by atoms with van der Waals surface area (Å²) in [4.78, 5) is 13.8. The molecule has 1 aromatic carbocycles. The maximum Gasteiger partial charge on any atom is 0.238 e. The molecule has 0 saturated heterocycles. The molecule has 3 N–H and O–H groups in total. The van der Waals surface area contributed by atoms with Crippen molar-refractivity contribution < 1.29 is 13.2 Å². The molecule has 158 valence electrons. The average molecular weight is 428 g/mol. The number of aromatic nitrogens is 3. The van der Waals surface area contributed by atoms with Gasteiger partial charge in [-0.3, -0.25) is 4.98 Å². The summed E-state index contributed by atoms with van der Waals surface area (Å²) in [6.45, 7) is 1.92. The van der Waals surface area contributed by atoms with Gasteiger partial charge in [-0.05, 0) is 50.3 Å². The second-order valence-corrected chi connectivity index (χ2v) is 9.20. The lowest BCUT2D eigenvalue weighted by atomic mass is 9.93. The van der Waals surface area contributed by atoms with Crippen molar-refractivity contribution in [3.63, 3.8) is 0 Å². The molecule has 0 bridgehead atoms. The van der Waals surface area contributed by atoms with Crippen LogP contribution in [0.3, 0.4) is 0 Å². The SMILES string of the molecule is COC1CCC(Nc2ncc3c(C)ncc(-c4ccc(S(N)(=O)=O)cc4)c3n2)CC1. The van der Waals surface area contributed by atoms with E-state index in [9.17, 15) is 8.42 Å². The molecule has 0 radical (unpaired) electrons. The monoisotopic (exact) mass is 427 g/mol. The zero-order valence-electron chi connectivity index (χ0n) is 17.0. The van der Waals surface area contributed by atoms with E-state index in [0.717, 1.165) is 53.4 Å². The van der Waals surface area contributed by atoms with Crippen LogP contribution in [0.5, 0.6) is 0 Å². The zero-order chi connectivity index (χ0) is 21.3. The van der Waals surface area contributed by atoms with Crippen molar-refractivity contribution in [2.45, 2.75) is 49.6 Å². The molecule has 0 atom stereocenters. The highest BCUT2D eigenvalue weighted by atomic mass is 32.2. The number of nitrogens with zero attached hydrogens (tertiary/aromatic N) is 3. The highest BCUT2D eigenvalue weighted by Gasteiger charge is 2.21. The van der Waals surface area contributed by atoms with Crippen LogP contribution in [-0.4, -0.2) is 42.6 Å². The summed E-state index contributed by atoms with van der Waals surface area (Å²) < 4.78 is 28.5. The Morgan fingerprint density at radius 2 is 1.77 bits per heavy atom. The molecule has 3 aromatic rings. The first-order chi connectivity index (χ1) is 14.3. The molecule has 8 nitrogen and oxygen atoms in total. The minimum absolute atomic E-state index is 0.0688. The maximum atomic E-state index is 11.5. The van der Waals surface area contributed by atoms with Crippen molar-refractivity contribution >= 4 is 26.9 Å². The Hall–Kier alpha value is -2.62. The minimum Gasteiger partial charge on any atom is -0.381 e. The lowest BCUT2D eigenvalue weighted by Gasteiger charge is -2.28. The van der Waals surface area contributed by atoms with Crippen molar-refractivity contribution in [1.82, 2.24) is 15.0 Å². The maximum absolute atomic E-state index is 11.5. The molecule has 1 fully saturated rings. The van der Waals surface area contributed by atoms with E-state index in [0.29, 0.717) is 18.1 Å². The molecule has 1 aliphatic carbocycles. The Labute approximate surface area is 176 Å². The second kappa shape index (κ2) is 8.25. The molecular formula is C21H25N5O3S. The lowest BCUT2D eigenvalue weighted by molar-refractivity contribution is 0.0681. The van der Waals surface area contributed by atoms with Crippen LogP contribution in [0.1, 0.15) is 31.4 Å². The van der Waals surface area contributed by atoms with Crippen LogP contribution in [0.15, 0.2) is 41.6 Å². The van der Waals surface area contributed by atoms with Gasteiger partial charge in [-0.2, -0.15) is 0 Å². The summed E-state index contributed by atoms with van der Waals surface area (Å²) in [5.74, 6) is 0.580. The van der Waals surface area contributed by atoms with Crippen molar-refractivity contribution in [3.05, 3.63) is 42.4 Å². The fraction of sp³-hybridized carbons (Fsp3) is 0.381. The van der Waals surface area contributed by atoms with Gasteiger partial charge in [0, 0.05) is 42.2 Å². The number of primary sulfonamides is 1. The van der Waals surface area contributed by atoms with E-state index in [1.807, 2.05) is 6.92 Å². The average Bonchev–Trinajstić information content (AvgIpc) is 2.74. The molecule has 1 saturated carbocycles. The molecule has 4 rings (SSSR count). The summed E-state index contributed by atoms with van der Waals surface area (Å²) in [5, 5.41) is 9.51. The molecule has 0 spiro atoms. The van der Waals surface area contributed by atoms with Gasteiger partial charge in [0.25, 0.3) is 0 Å². The molecule has 2 heterocycles. The normalized spacial score (nSPS) is 19.7. The first-order valence-electron chi connectivity index (χ1n) is 9.90. The number of methoxy groups -OCH3 is 1. The lowest BCUT2D eigenvalue weighted by Crippen LogP contribution is -2.29. The standard InChI is InChI=1S/C21H25N5O3S/c1-13-18-11-24-21(25-15-5-7-16(29-2)8-6-15)26-20(18)19(12-23-13)14-3-9-17(10-4-14)30(22,27)28/h3-4,9-12,15-16H,5-8H2,1-2H3,(H2,22,27,28)(H,24,25,26). The van der Waals surface area contributed by atoms with E-state index in [2.05, 4.69) is 15.3 Å². The number of benzene rings is 1. The second-order valence-electron chi connectivity index (χ2n) is 7.64. The third-order valence-electron chi connectivity index (χ3n) is 5.66. The van der Waals surface area contributed by atoms with Crippen LogP contribution in [0.2, 0.25) is 0 Å². The summed E-state index contributed by atoms with van der Waals surface area (Å²) in [5.41, 5.74) is 3.23. The molecule has 1 aliphatic rings. The molecule has 9 heteroatoms. The van der Waals surface area contributed by atoms with E-state index in [-0.39, 0.29) is 4.90 Å². The van der Waals surface area contributed by atoms with Crippen LogP contribution in [-0.2, 0) is 14.8 Å². The number of nitrogens with one attached hydrogen (secondary N) is 1. The summed E-state index contributed by atoms with van der Waals surface area (Å²) in [6, 6.07) is 6.73. The molecule has 2 aromatic heterocycles. The Kier molecular flexibility index (Phi) is 5.68. The summed E-state index contributed by atoms with van der Waals surface area (Å²) in [7, 11) is -1.98. The predicted molar refractivity (Wildman–Crippen MR) is 116 cm³/mol. The van der Waals surface area contributed by atoms with E-state index in [1.54, 1.807) is 31.6 Å². The highest BCUT2D eigenvalue weighted by Crippen LogP contribution is 2.30. The molecule has 0 unspecified atom stereocenters. The van der Waals surface area contributed by atoms with Gasteiger partial charge in [-0.15, -0.1) is 0 Å². The minimum atomic E-state index is -3.74. The van der Waals surface area contributed by atoms with Crippen molar-refractivity contribution in [2.75, 3.05) is 12.4 Å². The zero-order valence-corrected chi connectivity index (χ0v) is 17.8. The smallest absolute Gasteiger partial charge is 0.238 e. The van der Waals surface area contributed by atoms with Gasteiger partial charge in [0.2, 0.25) is 16.0 Å². The van der Waals surface area contributed by atoms with Crippen LogP contribution in [0, 0.1) is 6.92 Å². The topological polar surface area (TPSA) is 120 Å². The van der Waals surface area contributed by atoms with Gasteiger partial charge in [-0.1, -0.05) is 12.1 Å². The first-order valence-corrected chi connectivity index (χ1v) is 11.4. The summed E-state index contributed by atoms with van der Waals surface area (Å²) >= 11 is 0. The number of hydrogen-bond acceptors (Lipinski definition) is 7. The number of sulfonamides is 1. The third-order valence-corrected chi connectivity index (χ3v) is 6.58. The third kappa shape index (κ3) is 4.28. The number of rotatable bonds is 5. The Morgan fingerprint density at radius 3 is 2.40 bits per heavy atom. The van der Waals surface area contributed by atoms with Gasteiger partial charge < -0.3 is 10.1 Å². The van der Waals surface area contributed by atoms with Crippen molar-refractivity contribution in [3.8, 4) is 11.1 Å². The number of pyridine rings is 1. The number of ether oxygens (including phenoxy) is 1. The largest absolute Gasteiger partial charge is 0.381 e. The van der Waals surface area contributed by atoms with E-state index < -0.39 is 10.0 Å². The Morgan fingerprint density at radius 1 is 1.07 bits per heavy atom. The van der Waals surface area contributed by atoms with E-state index >= 15 is 0 Å². The van der Waals surface area contributed by atoms with Gasteiger partial charge in [0.15, 0.2) is 0 Å². The van der Waals surface area contributed by atoms with Gasteiger partial charge >= 0.3 is 0 Å². The van der Waals surface area contributed by atoms with Crippen LogP contribution in [0.4, 0.5) is 5.95 Å². The highest BCUT2D eigenvalue weighted by molar-refractivity contribution is 7.89. The number of aryl methyl sites for hydroxylation is 1. The Balaban J connectivity index is 1.67. The fourth-order valence-electron chi connectivity index (χ4n) is 3.87. The number of anilines is 1. The van der Waals surface area contributed by atoms with Gasteiger partial charge in [0.05, 0.1) is 16.5 Å². The van der Waals surface area contributed by atoms with E-state index in [4.69, 9.17) is 14.9 Å². The molecule has 0 aliphatic heterocycles. The molecular weight excluding hydrogens is 402 g/mol. The quantitative estimate of drug-likeness (QED) is 0.642. The Bertz CT molecular complexity index is 1160. The van der Waals surface area contributed by atoms with Gasteiger partial charge in [-0.25, -0.2) is 23.5 Å².